The zero-order valence-corrected chi connectivity index (χ0v) is 10.7. The molecule has 0 bridgehead atoms. The fourth-order valence-electron chi connectivity index (χ4n) is 1.95. The quantitative estimate of drug-likeness (QED) is 0.874. The van der Waals surface area contributed by atoms with Crippen molar-refractivity contribution in [2.45, 2.75) is 25.4 Å². The second-order valence-electron chi connectivity index (χ2n) is 4.37. The van der Waals surface area contributed by atoms with Crippen molar-refractivity contribution < 1.29 is 13.5 Å². The zero-order chi connectivity index (χ0) is 13.4. The molecule has 0 saturated heterocycles. The number of hydrogen-bond donors (Lipinski definition) is 1. The third-order valence-electron chi connectivity index (χ3n) is 2.96. The number of halogens is 2. The van der Waals surface area contributed by atoms with E-state index >= 15 is 0 Å². The van der Waals surface area contributed by atoms with E-state index in [1.165, 1.54) is 12.1 Å². The second kappa shape index (κ2) is 4.73. The molecule has 0 spiro atoms. The molecule has 1 aromatic heterocycles. The predicted octanol–water partition coefficient (Wildman–Crippen LogP) is 3.41. The zero-order valence-electron chi connectivity index (χ0n) is 9.85. The van der Waals surface area contributed by atoms with Crippen molar-refractivity contribution >= 4 is 12.2 Å². The van der Waals surface area contributed by atoms with Crippen LogP contribution >= 0.6 is 12.2 Å². The van der Waals surface area contributed by atoms with Gasteiger partial charge < -0.3 is 4.74 Å². The normalized spacial score (nSPS) is 14.9. The average Bonchev–Trinajstić information content (AvgIpc) is 3.14. The fraction of sp³-hybridized carbons (Fsp3) is 0.333. The highest BCUT2D eigenvalue weighted by atomic mass is 32.1. The Morgan fingerprint density at radius 3 is 2.58 bits per heavy atom. The maximum atomic E-state index is 12.1. The molecule has 1 fully saturated rings. The Hall–Kier alpha value is -1.76. The van der Waals surface area contributed by atoms with Gasteiger partial charge in [0.05, 0.1) is 0 Å². The van der Waals surface area contributed by atoms with E-state index in [9.17, 15) is 8.78 Å². The van der Waals surface area contributed by atoms with E-state index in [0.717, 1.165) is 24.4 Å². The summed E-state index contributed by atoms with van der Waals surface area (Å²) in [4.78, 5) is 0. The van der Waals surface area contributed by atoms with Crippen LogP contribution in [0.25, 0.3) is 5.69 Å². The first-order chi connectivity index (χ1) is 9.15. The highest BCUT2D eigenvalue weighted by molar-refractivity contribution is 7.71. The molecule has 0 radical (unpaired) electrons. The molecule has 0 atom stereocenters. The maximum Gasteiger partial charge on any atom is 0.387 e. The minimum absolute atomic E-state index is 0.127. The van der Waals surface area contributed by atoms with Gasteiger partial charge >= 0.3 is 6.61 Å². The fourth-order valence-corrected chi connectivity index (χ4v) is 2.20. The van der Waals surface area contributed by atoms with Gasteiger partial charge in [0.25, 0.3) is 0 Å². The van der Waals surface area contributed by atoms with E-state index in [-0.39, 0.29) is 5.75 Å². The van der Waals surface area contributed by atoms with Crippen molar-refractivity contribution in [1.82, 2.24) is 14.8 Å². The number of aromatic amines is 1. The van der Waals surface area contributed by atoms with Gasteiger partial charge in [-0.1, -0.05) is 0 Å². The highest BCUT2D eigenvalue weighted by Crippen LogP contribution is 2.39. The van der Waals surface area contributed by atoms with Crippen LogP contribution in [0.5, 0.6) is 5.75 Å². The summed E-state index contributed by atoms with van der Waals surface area (Å²) in [5.41, 5.74) is 0.794. The highest BCUT2D eigenvalue weighted by Gasteiger charge is 2.29. The van der Waals surface area contributed by atoms with Gasteiger partial charge in [0, 0.05) is 11.6 Å². The molecule has 1 saturated carbocycles. The molecule has 2 aromatic rings. The van der Waals surface area contributed by atoms with Crippen LogP contribution in [0.4, 0.5) is 8.78 Å². The Balaban J connectivity index is 1.94. The SMILES string of the molecule is FC(F)Oc1ccc(-n2c(C3CC3)n[nH]c2=S)cc1. The van der Waals surface area contributed by atoms with Gasteiger partial charge in [0.2, 0.25) is 0 Å². The number of rotatable bonds is 4. The number of alkyl halides is 2. The number of nitrogens with one attached hydrogen (secondary N) is 1. The predicted molar refractivity (Wildman–Crippen MR) is 67.4 cm³/mol. The van der Waals surface area contributed by atoms with Crippen LogP contribution < -0.4 is 4.74 Å². The average molecular weight is 283 g/mol. The topological polar surface area (TPSA) is 42.8 Å². The van der Waals surface area contributed by atoms with Gasteiger partial charge in [0.1, 0.15) is 11.6 Å². The van der Waals surface area contributed by atoms with Gasteiger partial charge in [-0.15, -0.1) is 0 Å². The summed E-state index contributed by atoms with van der Waals surface area (Å²) in [6.07, 6.45) is 2.21. The van der Waals surface area contributed by atoms with Crippen LogP contribution in [0.1, 0.15) is 24.6 Å². The molecule has 1 heterocycles. The summed E-state index contributed by atoms with van der Waals surface area (Å²) in [6.45, 7) is -2.82. The number of nitrogens with zero attached hydrogens (tertiary/aromatic N) is 2. The van der Waals surface area contributed by atoms with Crippen molar-refractivity contribution in [2.24, 2.45) is 0 Å². The first-order valence-electron chi connectivity index (χ1n) is 5.87. The van der Waals surface area contributed by atoms with Gasteiger partial charge in [-0.05, 0) is 49.3 Å². The molecule has 3 rings (SSSR count). The van der Waals surface area contributed by atoms with Crippen molar-refractivity contribution in [3.63, 3.8) is 0 Å². The summed E-state index contributed by atoms with van der Waals surface area (Å²) < 4.78 is 30.8. The Kier molecular flexibility index (Phi) is 3.06. The summed E-state index contributed by atoms with van der Waals surface area (Å²) in [5.74, 6) is 1.46. The number of aromatic nitrogens is 3. The van der Waals surface area contributed by atoms with Crippen molar-refractivity contribution in [3.05, 3.63) is 34.9 Å². The standard InChI is InChI=1S/C12H11F2N3OS/c13-11(14)18-9-5-3-8(4-6-9)17-10(7-1-2-7)15-16-12(17)19/h3-7,11H,1-2H2,(H,16,19). The van der Waals surface area contributed by atoms with Gasteiger partial charge in [-0.25, -0.2) is 0 Å². The lowest BCUT2D eigenvalue weighted by atomic mass is 10.3. The molecule has 1 N–H and O–H groups in total. The Morgan fingerprint density at radius 2 is 2.00 bits per heavy atom. The molecular weight excluding hydrogens is 272 g/mol. The lowest BCUT2D eigenvalue weighted by molar-refractivity contribution is -0.0498. The number of H-pyrrole nitrogens is 1. The largest absolute Gasteiger partial charge is 0.435 e. The Labute approximate surface area is 113 Å². The molecule has 1 aliphatic rings. The first-order valence-corrected chi connectivity index (χ1v) is 6.28. The lowest BCUT2D eigenvalue weighted by Crippen LogP contribution is -2.03. The molecule has 1 aliphatic carbocycles. The first kappa shape index (κ1) is 12.3. The van der Waals surface area contributed by atoms with Crippen LogP contribution in [0.2, 0.25) is 0 Å². The number of ether oxygens (including phenoxy) is 1. The summed E-state index contributed by atoms with van der Waals surface area (Å²) in [7, 11) is 0. The molecule has 19 heavy (non-hydrogen) atoms. The van der Waals surface area contributed by atoms with Crippen molar-refractivity contribution in [2.75, 3.05) is 0 Å². The van der Waals surface area contributed by atoms with E-state index in [4.69, 9.17) is 12.2 Å². The maximum absolute atomic E-state index is 12.1. The van der Waals surface area contributed by atoms with Crippen LogP contribution in [-0.4, -0.2) is 21.4 Å². The molecule has 7 heteroatoms. The molecule has 0 aliphatic heterocycles. The van der Waals surface area contributed by atoms with Crippen LogP contribution in [0.15, 0.2) is 24.3 Å². The van der Waals surface area contributed by atoms with Crippen molar-refractivity contribution in [1.29, 1.82) is 0 Å². The molecule has 0 unspecified atom stereocenters. The monoisotopic (exact) mass is 283 g/mol. The smallest absolute Gasteiger partial charge is 0.387 e. The van der Waals surface area contributed by atoms with Crippen molar-refractivity contribution in [3.8, 4) is 11.4 Å². The molecule has 0 amide bonds. The molecule has 100 valence electrons. The van der Waals surface area contributed by atoms with Crippen LogP contribution in [0, 0.1) is 4.77 Å². The van der Waals surface area contributed by atoms with E-state index < -0.39 is 6.61 Å². The molecule has 4 nitrogen and oxygen atoms in total. The molecule has 1 aromatic carbocycles. The van der Waals surface area contributed by atoms with E-state index in [1.54, 1.807) is 12.1 Å². The van der Waals surface area contributed by atoms with E-state index in [0.29, 0.717) is 10.7 Å². The summed E-state index contributed by atoms with van der Waals surface area (Å²) >= 11 is 5.20. The molecular formula is C12H11F2N3OS. The Morgan fingerprint density at radius 1 is 1.32 bits per heavy atom. The minimum Gasteiger partial charge on any atom is -0.435 e. The van der Waals surface area contributed by atoms with Crippen LogP contribution in [-0.2, 0) is 0 Å². The summed E-state index contributed by atoms with van der Waals surface area (Å²) in [6, 6.07) is 6.36. The third-order valence-corrected chi connectivity index (χ3v) is 3.23. The van der Waals surface area contributed by atoms with Gasteiger partial charge in [0.15, 0.2) is 4.77 Å². The van der Waals surface area contributed by atoms with E-state index in [2.05, 4.69) is 14.9 Å². The lowest BCUT2D eigenvalue weighted by Gasteiger charge is -2.08. The van der Waals surface area contributed by atoms with Crippen LogP contribution in [0.3, 0.4) is 0 Å². The van der Waals surface area contributed by atoms with E-state index in [1.807, 2.05) is 4.57 Å². The minimum atomic E-state index is -2.82. The Bertz CT molecular complexity index is 631. The number of hydrogen-bond acceptors (Lipinski definition) is 3. The summed E-state index contributed by atoms with van der Waals surface area (Å²) in [5, 5.41) is 6.99. The number of benzene rings is 1. The van der Waals surface area contributed by atoms with Gasteiger partial charge in [-0.2, -0.15) is 13.9 Å². The van der Waals surface area contributed by atoms with Gasteiger partial charge in [-0.3, -0.25) is 9.67 Å². The third kappa shape index (κ3) is 2.51. The second-order valence-corrected chi connectivity index (χ2v) is 4.76.